The summed E-state index contributed by atoms with van der Waals surface area (Å²) < 4.78 is 8.01. The Balaban J connectivity index is 1.43. The van der Waals surface area contributed by atoms with Gasteiger partial charge in [0, 0.05) is 23.7 Å². The van der Waals surface area contributed by atoms with E-state index in [0.29, 0.717) is 18.2 Å². The average Bonchev–Trinajstić information content (AvgIpc) is 3.54. The molecule has 1 aromatic carbocycles. The van der Waals surface area contributed by atoms with Crippen molar-refractivity contribution < 1.29 is 4.42 Å². The Morgan fingerprint density at radius 3 is 2.71 bits per heavy atom. The van der Waals surface area contributed by atoms with Gasteiger partial charge in [0.05, 0.1) is 17.1 Å². The van der Waals surface area contributed by atoms with Gasteiger partial charge in [0.1, 0.15) is 5.76 Å². The van der Waals surface area contributed by atoms with E-state index >= 15 is 0 Å². The van der Waals surface area contributed by atoms with Gasteiger partial charge in [-0.05, 0) is 36.1 Å². The fraction of sp³-hybridized carbons (Fsp3) is 0.130. The second-order valence-electron chi connectivity index (χ2n) is 6.91. The van der Waals surface area contributed by atoms with Crippen molar-refractivity contribution >= 4 is 23.1 Å². The maximum absolute atomic E-state index is 5.88. The third kappa shape index (κ3) is 4.30. The Morgan fingerprint density at radius 1 is 1.03 bits per heavy atom. The number of hydrogen-bond donors (Lipinski definition) is 0. The first kappa shape index (κ1) is 19.7. The lowest BCUT2D eigenvalue weighted by atomic mass is 10.2. The number of nitrogens with zero attached hydrogens (tertiary/aromatic N) is 5. The van der Waals surface area contributed by atoms with Crippen molar-refractivity contribution in [1.82, 2.24) is 24.7 Å². The van der Waals surface area contributed by atoms with Crippen LogP contribution in [0.1, 0.15) is 17.0 Å². The molecule has 6 nitrogen and oxygen atoms in total. The molecule has 0 N–H and O–H groups in total. The zero-order valence-electron chi connectivity index (χ0n) is 16.8. The van der Waals surface area contributed by atoms with Crippen LogP contribution in [0.2, 0.25) is 0 Å². The summed E-state index contributed by atoms with van der Waals surface area (Å²) in [4.78, 5) is 9.98. The van der Waals surface area contributed by atoms with Gasteiger partial charge in [0.25, 0.3) is 0 Å². The molecule has 0 aliphatic rings. The van der Waals surface area contributed by atoms with Gasteiger partial charge in [-0.1, -0.05) is 48.2 Å². The van der Waals surface area contributed by atoms with Gasteiger partial charge < -0.3 is 4.42 Å². The molecule has 154 valence electrons. The minimum atomic E-state index is 0.653. The van der Waals surface area contributed by atoms with E-state index in [4.69, 9.17) is 9.40 Å². The van der Waals surface area contributed by atoms with Crippen LogP contribution in [0, 0.1) is 6.92 Å². The molecule has 0 radical (unpaired) electrons. The third-order valence-electron chi connectivity index (χ3n) is 4.78. The van der Waals surface area contributed by atoms with E-state index in [2.05, 4.69) is 31.9 Å². The Hall–Kier alpha value is -3.23. The number of benzene rings is 1. The summed E-state index contributed by atoms with van der Waals surface area (Å²) in [5.41, 5.74) is 3.05. The molecule has 4 heterocycles. The van der Waals surface area contributed by atoms with Crippen LogP contribution in [-0.2, 0) is 12.3 Å². The van der Waals surface area contributed by atoms with Crippen molar-refractivity contribution in [2.45, 2.75) is 24.4 Å². The van der Waals surface area contributed by atoms with Gasteiger partial charge in [0.15, 0.2) is 11.0 Å². The Bertz CT molecular complexity index is 1260. The van der Waals surface area contributed by atoms with Crippen molar-refractivity contribution in [1.29, 1.82) is 0 Å². The normalized spacial score (nSPS) is 11.1. The Labute approximate surface area is 188 Å². The number of hydrogen-bond acceptors (Lipinski definition) is 7. The lowest BCUT2D eigenvalue weighted by Gasteiger charge is -2.10. The summed E-state index contributed by atoms with van der Waals surface area (Å²) in [6.45, 7) is 2.63. The molecule has 0 bridgehead atoms. The van der Waals surface area contributed by atoms with Crippen LogP contribution < -0.4 is 0 Å². The number of aromatic nitrogens is 5. The van der Waals surface area contributed by atoms with E-state index in [1.165, 1.54) is 5.56 Å². The van der Waals surface area contributed by atoms with Gasteiger partial charge in [-0.3, -0.25) is 9.55 Å². The van der Waals surface area contributed by atoms with Crippen molar-refractivity contribution in [3.8, 4) is 22.2 Å². The number of rotatable bonds is 7. The van der Waals surface area contributed by atoms with Crippen LogP contribution in [0.5, 0.6) is 0 Å². The van der Waals surface area contributed by atoms with Crippen molar-refractivity contribution in [2.24, 2.45) is 0 Å². The van der Waals surface area contributed by atoms with Crippen LogP contribution in [0.4, 0.5) is 0 Å². The van der Waals surface area contributed by atoms with Crippen LogP contribution in [0.3, 0.4) is 0 Å². The van der Waals surface area contributed by atoms with Gasteiger partial charge in [-0.25, -0.2) is 4.98 Å². The summed E-state index contributed by atoms with van der Waals surface area (Å²) in [6, 6.07) is 18.3. The lowest BCUT2D eigenvalue weighted by molar-refractivity contribution is 0.542. The predicted octanol–water partition coefficient (Wildman–Crippen LogP) is 5.71. The summed E-state index contributed by atoms with van der Waals surface area (Å²) in [5.74, 6) is 2.96. The van der Waals surface area contributed by atoms with Gasteiger partial charge >= 0.3 is 0 Å². The van der Waals surface area contributed by atoms with Crippen LogP contribution in [-0.4, -0.2) is 24.7 Å². The van der Waals surface area contributed by atoms with Crippen molar-refractivity contribution in [3.05, 3.63) is 89.4 Å². The molecule has 0 aliphatic heterocycles. The van der Waals surface area contributed by atoms with E-state index < -0.39 is 0 Å². The number of thioether (sulfide) groups is 1. The zero-order chi connectivity index (χ0) is 21.0. The topological polar surface area (TPSA) is 69.6 Å². The van der Waals surface area contributed by atoms with Crippen LogP contribution in [0.25, 0.3) is 22.2 Å². The maximum atomic E-state index is 5.88. The molecule has 0 saturated heterocycles. The largest absolute Gasteiger partial charge is 0.440 e. The molecule has 0 fully saturated rings. The SMILES string of the molecule is Cc1oc(-c2cccs2)nc1CSc1nnc(-c2cccnc2)n1Cc1ccccc1. The summed E-state index contributed by atoms with van der Waals surface area (Å²) in [5, 5.41) is 11.8. The van der Waals surface area contributed by atoms with Gasteiger partial charge in [-0.15, -0.1) is 21.5 Å². The fourth-order valence-corrected chi connectivity index (χ4v) is 4.80. The molecular weight excluding hydrogens is 426 g/mol. The first-order chi connectivity index (χ1) is 15.3. The first-order valence-electron chi connectivity index (χ1n) is 9.78. The molecule has 0 atom stereocenters. The molecule has 5 aromatic rings. The van der Waals surface area contributed by atoms with E-state index in [9.17, 15) is 0 Å². The summed E-state index contributed by atoms with van der Waals surface area (Å²) >= 11 is 3.23. The highest BCUT2D eigenvalue weighted by Crippen LogP contribution is 2.31. The molecule has 0 amide bonds. The minimum Gasteiger partial charge on any atom is -0.440 e. The Kier molecular flexibility index (Phi) is 5.64. The van der Waals surface area contributed by atoms with Gasteiger partial charge in [-0.2, -0.15) is 0 Å². The third-order valence-corrected chi connectivity index (χ3v) is 6.62. The molecule has 4 aromatic heterocycles. The number of pyridine rings is 1. The van der Waals surface area contributed by atoms with E-state index in [-0.39, 0.29) is 0 Å². The number of aryl methyl sites for hydroxylation is 1. The highest BCUT2D eigenvalue weighted by Gasteiger charge is 2.18. The quantitative estimate of drug-likeness (QED) is 0.299. The van der Waals surface area contributed by atoms with E-state index in [1.54, 1.807) is 29.3 Å². The monoisotopic (exact) mass is 445 g/mol. The molecule has 0 saturated carbocycles. The first-order valence-corrected chi connectivity index (χ1v) is 11.6. The van der Waals surface area contributed by atoms with Crippen molar-refractivity contribution in [2.75, 3.05) is 0 Å². The second kappa shape index (κ2) is 8.87. The summed E-state index contributed by atoms with van der Waals surface area (Å²) in [7, 11) is 0. The van der Waals surface area contributed by atoms with Crippen molar-refractivity contribution in [3.63, 3.8) is 0 Å². The molecular formula is C23H19N5OS2. The molecule has 8 heteroatoms. The molecule has 0 aliphatic carbocycles. The highest BCUT2D eigenvalue weighted by molar-refractivity contribution is 7.98. The maximum Gasteiger partial charge on any atom is 0.236 e. The Morgan fingerprint density at radius 2 is 1.94 bits per heavy atom. The molecule has 0 spiro atoms. The molecule has 31 heavy (non-hydrogen) atoms. The second-order valence-corrected chi connectivity index (χ2v) is 8.80. The van der Waals surface area contributed by atoms with Gasteiger partial charge in [0.2, 0.25) is 5.89 Å². The lowest BCUT2D eigenvalue weighted by Crippen LogP contribution is -2.04. The minimum absolute atomic E-state index is 0.653. The number of oxazole rings is 1. The van der Waals surface area contributed by atoms with Crippen LogP contribution >= 0.6 is 23.1 Å². The molecule has 0 unspecified atom stereocenters. The number of thiophene rings is 1. The summed E-state index contributed by atoms with van der Waals surface area (Å²) in [6.07, 6.45) is 3.57. The van der Waals surface area contributed by atoms with Crippen LogP contribution in [0.15, 0.2) is 81.9 Å². The average molecular weight is 446 g/mol. The van der Waals surface area contributed by atoms with E-state index in [0.717, 1.165) is 32.9 Å². The standard InChI is InChI=1S/C23H19N5OS2/c1-16-19(25-22(29-16)20-10-6-12-30-20)15-31-23-27-26-21(18-9-5-11-24-13-18)28(23)14-17-7-3-2-4-8-17/h2-13H,14-15H2,1H3. The fourth-order valence-electron chi connectivity index (χ4n) is 3.21. The van der Waals surface area contributed by atoms with E-state index in [1.807, 2.05) is 61.0 Å². The highest BCUT2D eigenvalue weighted by atomic mass is 32.2. The molecule has 5 rings (SSSR count). The zero-order valence-corrected chi connectivity index (χ0v) is 18.4. The smallest absolute Gasteiger partial charge is 0.236 e. The predicted molar refractivity (Wildman–Crippen MR) is 123 cm³/mol.